The molecule has 3 heteroatoms. The van der Waals surface area contributed by atoms with Crippen molar-refractivity contribution < 1.29 is 4.42 Å². The molecule has 0 radical (unpaired) electrons. The van der Waals surface area contributed by atoms with Crippen molar-refractivity contribution in [3.05, 3.63) is 254 Å². The van der Waals surface area contributed by atoms with Gasteiger partial charge in [0, 0.05) is 43.8 Å². The highest BCUT2D eigenvalue weighted by molar-refractivity contribution is 6.29. The molecule has 0 aliphatic heterocycles. The minimum Gasteiger partial charge on any atom is -0.454 e. The Morgan fingerprint density at radius 3 is 1.51 bits per heavy atom. The molecule has 1 aromatic heterocycles. The van der Waals surface area contributed by atoms with Crippen molar-refractivity contribution in [3.8, 4) is 22.3 Å². The van der Waals surface area contributed by atoms with Gasteiger partial charge in [-0.15, -0.1) is 0 Å². The highest BCUT2D eigenvalue weighted by Gasteiger charge is 2.35. The van der Waals surface area contributed by atoms with Gasteiger partial charge in [-0.2, -0.15) is 0 Å². The maximum atomic E-state index is 6.87. The molecule has 1 heterocycles. The van der Waals surface area contributed by atoms with E-state index in [0.717, 1.165) is 72.6 Å². The summed E-state index contributed by atoms with van der Waals surface area (Å²) in [6.07, 6.45) is 0. The molecule has 0 bridgehead atoms. The lowest BCUT2D eigenvalue weighted by Crippen LogP contribution is -2.17. The third kappa shape index (κ3) is 5.85. The van der Waals surface area contributed by atoms with E-state index in [1.165, 1.54) is 70.7 Å². The number of para-hydroxylation sites is 4. The standard InChI is InChI=1S/C69H46N2O/c1-69(2)56-26-15-21-45-31-32-48-41-49(42-57(69)67(48)66(45)56)70(58-27-12-9-22-50(58)43-17-5-3-6-18-43)60-39-35-46-34-38-55-61(40-36-47-33-37-54(60)64(46)65(47)55)71(59-28-13-10-23-51(59)44-19-7-4-8-20-44)62-29-16-25-53-52-24-11-14-30-63(52)72-68(53)62/h3-42H,1-2H3. The smallest absolute Gasteiger partial charge is 0.159 e. The number of hydrogen-bond donors (Lipinski definition) is 0. The molecular formula is C69H46N2O. The van der Waals surface area contributed by atoms with Crippen molar-refractivity contribution in [2.45, 2.75) is 19.3 Å². The summed E-state index contributed by atoms with van der Waals surface area (Å²) in [4.78, 5) is 4.98. The first kappa shape index (κ1) is 40.7. The average molecular weight is 919 g/mol. The molecule has 0 spiro atoms. The summed E-state index contributed by atoms with van der Waals surface area (Å²) >= 11 is 0. The van der Waals surface area contributed by atoms with E-state index >= 15 is 0 Å². The van der Waals surface area contributed by atoms with E-state index in [2.05, 4.69) is 266 Å². The van der Waals surface area contributed by atoms with Gasteiger partial charge in [-0.25, -0.2) is 0 Å². The van der Waals surface area contributed by atoms with Crippen LogP contribution in [0.15, 0.2) is 247 Å². The Labute approximate surface area is 417 Å². The van der Waals surface area contributed by atoms with E-state index in [1.54, 1.807) is 0 Å². The van der Waals surface area contributed by atoms with Gasteiger partial charge in [0.25, 0.3) is 0 Å². The zero-order valence-electron chi connectivity index (χ0n) is 39.9. The normalized spacial score (nSPS) is 13.0. The Kier molecular flexibility index (Phi) is 8.71. The third-order valence-corrected chi connectivity index (χ3v) is 15.7. The molecule has 0 fully saturated rings. The van der Waals surface area contributed by atoms with Crippen LogP contribution in [0, 0.1) is 0 Å². The minimum absolute atomic E-state index is 0.182. The molecule has 0 amide bonds. The fraction of sp³-hybridized carbons (Fsp3) is 0.0435. The largest absolute Gasteiger partial charge is 0.454 e. The van der Waals surface area contributed by atoms with Crippen LogP contribution in [-0.2, 0) is 5.41 Å². The molecule has 14 aromatic rings. The number of rotatable bonds is 8. The van der Waals surface area contributed by atoms with Crippen LogP contribution in [-0.4, -0.2) is 0 Å². The molecule has 0 saturated heterocycles. The molecule has 3 nitrogen and oxygen atoms in total. The summed E-state index contributed by atoms with van der Waals surface area (Å²) in [5.74, 6) is 0. The minimum atomic E-state index is -0.182. The first-order valence-electron chi connectivity index (χ1n) is 25.0. The summed E-state index contributed by atoms with van der Waals surface area (Å²) < 4.78 is 6.87. The fourth-order valence-corrected chi connectivity index (χ4v) is 12.4. The second-order valence-corrected chi connectivity index (χ2v) is 20.0. The lowest BCUT2D eigenvalue weighted by molar-refractivity contribution is 0.663. The maximum absolute atomic E-state index is 6.87. The first-order chi connectivity index (χ1) is 35.5. The summed E-state index contributed by atoms with van der Waals surface area (Å²) in [7, 11) is 0. The van der Waals surface area contributed by atoms with Gasteiger partial charge < -0.3 is 14.2 Å². The van der Waals surface area contributed by atoms with Crippen molar-refractivity contribution in [1.82, 2.24) is 0 Å². The van der Waals surface area contributed by atoms with Crippen molar-refractivity contribution in [1.29, 1.82) is 0 Å². The highest BCUT2D eigenvalue weighted by Crippen LogP contribution is 2.54. The summed E-state index contributed by atoms with van der Waals surface area (Å²) in [6, 6.07) is 89.2. The molecule has 72 heavy (non-hydrogen) atoms. The molecule has 1 aliphatic carbocycles. The quantitative estimate of drug-likeness (QED) is 0.142. The molecule has 338 valence electrons. The van der Waals surface area contributed by atoms with Crippen molar-refractivity contribution >= 4 is 110 Å². The zero-order chi connectivity index (χ0) is 47.7. The van der Waals surface area contributed by atoms with Crippen molar-refractivity contribution in [3.63, 3.8) is 0 Å². The second kappa shape index (κ2) is 15.4. The fourth-order valence-electron chi connectivity index (χ4n) is 12.4. The Hall–Kier alpha value is -9.18. The third-order valence-electron chi connectivity index (χ3n) is 15.7. The van der Waals surface area contributed by atoms with Crippen LogP contribution in [0.2, 0.25) is 0 Å². The van der Waals surface area contributed by atoms with Gasteiger partial charge in [0.2, 0.25) is 0 Å². The predicted octanol–water partition coefficient (Wildman–Crippen LogP) is 19.7. The van der Waals surface area contributed by atoms with Gasteiger partial charge in [-0.05, 0) is 114 Å². The van der Waals surface area contributed by atoms with Gasteiger partial charge in [-0.3, -0.25) is 0 Å². The Bertz CT molecular complexity index is 4490. The number of fused-ring (bicyclic) bond motifs is 3. The Balaban J connectivity index is 1.01. The Morgan fingerprint density at radius 1 is 0.319 bits per heavy atom. The molecule has 0 unspecified atom stereocenters. The van der Waals surface area contributed by atoms with Gasteiger partial charge >= 0.3 is 0 Å². The van der Waals surface area contributed by atoms with Crippen LogP contribution in [0.3, 0.4) is 0 Å². The number of anilines is 6. The number of furan rings is 1. The molecule has 0 N–H and O–H groups in total. The van der Waals surface area contributed by atoms with E-state index in [1.807, 2.05) is 0 Å². The number of hydrogen-bond acceptors (Lipinski definition) is 3. The van der Waals surface area contributed by atoms with Gasteiger partial charge in [0.1, 0.15) is 5.58 Å². The molecule has 0 atom stereocenters. The Morgan fingerprint density at radius 2 is 0.819 bits per heavy atom. The summed E-state index contributed by atoms with van der Waals surface area (Å²) in [6.45, 7) is 4.79. The predicted molar refractivity (Wildman–Crippen MR) is 305 cm³/mol. The van der Waals surface area contributed by atoms with Crippen LogP contribution in [0.1, 0.15) is 25.0 Å². The van der Waals surface area contributed by atoms with Crippen LogP contribution < -0.4 is 9.80 Å². The van der Waals surface area contributed by atoms with Crippen LogP contribution in [0.25, 0.3) is 98.1 Å². The zero-order valence-corrected chi connectivity index (χ0v) is 39.9. The molecule has 15 rings (SSSR count). The van der Waals surface area contributed by atoms with E-state index in [0.29, 0.717) is 0 Å². The van der Waals surface area contributed by atoms with Crippen LogP contribution >= 0.6 is 0 Å². The number of benzene rings is 13. The highest BCUT2D eigenvalue weighted by atomic mass is 16.3. The van der Waals surface area contributed by atoms with Gasteiger partial charge in [0.05, 0.1) is 28.4 Å². The van der Waals surface area contributed by atoms with E-state index in [-0.39, 0.29) is 5.41 Å². The second-order valence-electron chi connectivity index (χ2n) is 20.0. The number of nitrogens with zero attached hydrogens (tertiary/aromatic N) is 2. The molecule has 1 aliphatic rings. The lowest BCUT2D eigenvalue weighted by Gasteiger charge is -2.32. The topological polar surface area (TPSA) is 19.6 Å². The molecule has 0 saturated carbocycles. The summed E-state index contributed by atoms with van der Waals surface area (Å²) in [5.41, 5.74) is 15.5. The van der Waals surface area contributed by atoms with E-state index in [4.69, 9.17) is 4.42 Å². The van der Waals surface area contributed by atoms with E-state index < -0.39 is 0 Å². The first-order valence-corrected chi connectivity index (χ1v) is 25.0. The van der Waals surface area contributed by atoms with Crippen molar-refractivity contribution in [2.75, 3.05) is 9.80 Å². The van der Waals surface area contributed by atoms with Crippen molar-refractivity contribution in [2.24, 2.45) is 0 Å². The van der Waals surface area contributed by atoms with Crippen LogP contribution in [0.4, 0.5) is 34.1 Å². The van der Waals surface area contributed by atoms with Gasteiger partial charge in [-0.1, -0.05) is 208 Å². The SMILES string of the molecule is CC1(C)c2cccc3ccc4cc(N(c5ccccc5-c5ccccc5)c5ccc6ccc7c(N(c8ccccc8-c8ccccc8)c8cccc9c8oc8ccccc89)ccc8ccc5c6c87)cc1c4c23. The average Bonchev–Trinajstić information content (AvgIpc) is 3.93. The van der Waals surface area contributed by atoms with Crippen LogP contribution in [0.5, 0.6) is 0 Å². The summed E-state index contributed by atoms with van der Waals surface area (Å²) in [5, 5.41) is 14.7. The monoisotopic (exact) mass is 918 g/mol. The molecule has 13 aromatic carbocycles. The van der Waals surface area contributed by atoms with E-state index in [9.17, 15) is 0 Å². The maximum Gasteiger partial charge on any atom is 0.159 e. The lowest BCUT2D eigenvalue weighted by atomic mass is 9.81. The molecular weight excluding hydrogens is 873 g/mol. The van der Waals surface area contributed by atoms with Gasteiger partial charge in [0.15, 0.2) is 5.58 Å².